The molecule has 0 saturated heterocycles. The van der Waals surface area contributed by atoms with Gasteiger partial charge in [-0.25, -0.2) is 9.71 Å². The van der Waals surface area contributed by atoms with Gasteiger partial charge in [-0.15, -0.1) is 0 Å². The maximum atomic E-state index is 11.6. The molecule has 7 heteroatoms. The highest BCUT2D eigenvalue weighted by atomic mass is 32.2. The number of aromatic nitrogens is 2. The number of rotatable bonds is 5. The van der Waals surface area contributed by atoms with Crippen LogP contribution in [0.5, 0.6) is 0 Å². The average Bonchev–Trinajstić information content (AvgIpc) is 2.64. The molecule has 0 unspecified atom stereocenters. The van der Waals surface area contributed by atoms with Crippen LogP contribution >= 0.6 is 0 Å². The minimum atomic E-state index is -3.35. The van der Waals surface area contributed by atoms with Crippen molar-refractivity contribution >= 4 is 21.2 Å². The van der Waals surface area contributed by atoms with E-state index in [0.29, 0.717) is 13.0 Å². The fourth-order valence-corrected chi connectivity index (χ4v) is 2.59. The minimum absolute atomic E-state index is 0.373. The van der Waals surface area contributed by atoms with Gasteiger partial charge >= 0.3 is 0 Å². The molecule has 0 bridgehead atoms. The van der Waals surface area contributed by atoms with Gasteiger partial charge in [0.2, 0.25) is 0 Å². The van der Waals surface area contributed by atoms with Crippen molar-refractivity contribution in [2.45, 2.75) is 13.3 Å². The summed E-state index contributed by atoms with van der Waals surface area (Å²) in [5.41, 5.74) is 3.09. The number of benzene rings is 1. The number of fused-ring (bicyclic) bond motifs is 1. The average molecular weight is 296 g/mol. The van der Waals surface area contributed by atoms with E-state index in [2.05, 4.69) is 9.71 Å². The maximum absolute atomic E-state index is 11.6. The normalized spacial score (nSPS) is 12.4. The fourth-order valence-electron chi connectivity index (χ4n) is 1.97. The van der Waals surface area contributed by atoms with Crippen LogP contribution in [0.1, 0.15) is 11.4 Å². The van der Waals surface area contributed by atoms with Crippen molar-refractivity contribution in [1.82, 2.24) is 18.6 Å². The highest BCUT2D eigenvalue weighted by molar-refractivity contribution is 7.87. The first-order valence-electron chi connectivity index (χ1n) is 6.40. The Morgan fingerprint density at radius 1 is 1.35 bits per heavy atom. The summed E-state index contributed by atoms with van der Waals surface area (Å²) < 4.78 is 28.9. The molecular weight excluding hydrogens is 276 g/mol. The van der Waals surface area contributed by atoms with E-state index in [4.69, 9.17) is 0 Å². The van der Waals surface area contributed by atoms with Gasteiger partial charge in [-0.2, -0.15) is 12.7 Å². The lowest BCUT2D eigenvalue weighted by Gasteiger charge is -2.12. The van der Waals surface area contributed by atoms with Crippen LogP contribution in [0, 0.1) is 6.92 Å². The van der Waals surface area contributed by atoms with E-state index in [1.807, 2.05) is 36.7 Å². The molecule has 1 heterocycles. The minimum Gasteiger partial charge on any atom is -0.331 e. The standard InChI is InChI=1S/C13H20N4O2S/c1-10-15-12-9-11(5-6-13(12)17(10)4)7-8-14-20(18,19)16(2)3/h5-6,9,14H,7-8H2,1-4H3. The summed E-state index contributed by atoms with van der Waals surface area (Å²) in [4.78, 5) is 4.47. The smallest absolute Gasteiger partial charge is 0.278 e. The molecule has 110 valence electrons. The van der Waals surface area contributed by atoms with E-state index in [1.54, 1.807) is 0 Å². The number of hydrogen-bond acceptors (Lipinski definition) is 3. The number of imidazole rings is 1. The summed E-state index contributed by atoms with van der Waals surface area (Å²) in [6.45, 7) is 2.34. The van der Waals surface area contributed by atoms with Gasteiger partial charge in [0, 0.05) is 27.7 Å². The second-order valence-corrected chi connectivity index (χ2v) is 6.94. The van der Waals surface area contributed by atoms with Crippen molar-refractivity contribution in [2.24, 2.45) is 7.05 Å². The molecule has 2 aromatic rings. The van der Waals surface area contributed by atoms with Crippen LogP contribution < -0.4 is 4.72 Å². The molecular formula is C13H20N4O2S. The van der Waals surface area contributed by atoms with Gasteiger partial charge in [0.15, 0.2) is 0 Å². The lowest BCUT2D eigenvalue weighted by molar-refractivity contribution is 0.506. The van der Waals surface area contributed by atoms with E-state index < -0.39 is 10.2 Å². The lowest BCUT2D eigenvalue weighted by Crippen LogP contribution is -2.36. The van der Waals surface area contributed by atoms with Gasteiger partial charge in [0.25, 0.3) is 10.2 Å². The van der Waals surface area contributed by atoms with Crippen molar-refractivity contribution in [3.63, 3.8) is 0 Å². The van der Waals surface area contributed by atoms with Gasteiger partial charge in [-0.3, -0.25) is 0 Å². The molecule has 20 heavy (non-hydrogen) atoms. The summed E-state index contributed by atoms with van der Waals surface area (Å²) in [6, 6.07) is 6.03. The zero-order valence-electron chi connectivity index (χ0n) is 12.2. The monoisotopic (exact) mass is 296 g/mol. The Bertz CT molecular complexity index is 719. The van der Waals surface area contributed by atoms with Crippen LogP contribution in [0.4, 0.5) is 0 Å². The molecule has 0 aliphatic carbocycles. The van der Waals surface area contributed by atoms with Gasteiger partial charge < -0.3 is 4.57 Å². The molecule has 0 radical (unpaired) electrons. The van der Waals surface area contributed by atoms with Crippen LogP contribution in [0.15, 0.2) is 18.2 Å². The molecule has 6 nitrogen and oxygen atoms in total. The van der Waals surface area contributed by atoms with Gasteiger partial charge in [0.05, 0.1) is 11.0 Å². The highest BCUT2D eigenvalue weighted by Crippen LogP contribution is 2.16. The Hall–Kier alpha value is -1.44. The van der Waals surface area contributed by atoms with Crippen LogP contribution in [0.3, 0.4) is 0 Å². The fraction of sp³-hybridized carbons (Fsp3) is 0.462. The molecule has 1 aromatic heterocycles. The van der Waals surface area contributed by atoms with Gasteiger partial charge in [-0.1, -0.05) is 6.07 Å². The predicted octanol–water partition coefficient (Wildman–Crippen LogP) is 0.820. The molecule has 0 atom stereocenters. The quantitative estimate of drug-likeness (QED) is 0.888. The van der Waals surface area contributed by atoms with Crippen molar-refractivity contribution in [3.8, 4) is 0 Å². The third-order valence-corrected chi connectivity index (χ3v) is 4.88. The predicted molar refractivity (Wildman–Crippen MR) is 79.8 cm³/mol. The van der Waals surface area contributed by atoms with Crippen molar-refractivity contribution < 1.29 is 8.42 Å². The van der Waals surface area contributed by atoms with E-state index in [1.165, 1.54) is 14.1 Å². The third kappa shape index (κ3) is 3.00. The van der Waals surface area contributed by atoms with Crippen LogP contribution in [-0.2, 0) is 23.7 Å². The topological polar surface area (TPSA) is 67.2 Å². The molecule has 0 saturated carbocycles. The Balaban J connectivity index is 2.08. The first-order valence-corrected chi connectivity index (χ1v) is 7.84. The number of nitrogens with one attached hydrogen (secondary N) is 1. The molecule has 1 aromatic carbocycles. The zero-order chi connectivity index (χ0) is 14.9. The van der Waals surface area contributed by atoms with Crippen LogP contribution in [0.25, 0.3) is 11.0 Å². The Morgan fingerprint density at radius 3 is 2.70 bits per heavy atom. The first-order chi connectivity index (χ1) is 9.31. The maximum Gasteiger partial charge on any atom is 0.278 e. The van der Waals surface area contributed by atoms with Gasteiger partial charge in [0.1, 0.15) is 5.82 Å². The molecule has 0 aliphatic rings. The second-order valence-electron chi connectivity index (χ2n) is 4.97. The molecule has 1 N–H and O–H groups in total. The van der Waals surface area contributed by atoms with E-state index >= 15 is 0 Å². The van der Waals surface area contributed by atoms with Gasteiger partial charge in [-0.05, 0) is 31.0 Å². The molecule has 2 rings (SSSR count). The molecule has 0 spiro atoms. The van der Waals surface area contributed by atoms with Crippen molar-refractivity contribution in [3.05, 3.63) is 29.6 Å². The summed E-state index contributed by atoms with van der Waals surface area (Å²) in [6.07, 6.45) is 0.638. The largest absolute Gasteiger partial charge is 0.331 e. The van der Waals surface area contributed by atoms with E-state index in [-0.39, 0.29) is 0 Å². The number of hydrogen-bond donors (Lipinski definition) is 1. The highest BCUT2D eigenvalue weighted by Gasteiger charge is 2.12. The number of aryl methyl sites for hydroxylation is 2. The number of nitrogens with zero attached hydrogens (tertiary/aromatic N) is 3. The SMILES string of the molecule is Cc1nc2cc(CCNS(=O)(=O)N(C)C)ccc2n1C. The summed E-state index contributed by atoms with van der Waals surface area (Å²) in [7, 11) is 1.64. The molecule has 0 amide bonds. The van der Waals surface area contributed by atoms with Crippen LogP contribution in [-0.4, -0.2) is 42.9 Å². The first kappa shape index (κ1) is 15.0. The summed E-state index contributed by atoms with van der Waals surface area (Å²) in [5.74, 6) is 0.963. The summed E-state index contributed by atoms with van der Waals surface area (Å²) >= 11 is 0. The Morgan fingerprint density at radius 2 is 2.05 bits per heavy atom. The zero-order valence-corrected chi connectivity index (χ0v) is 13.0. The Labute approximate surface area is 119 Å². The third-order valence-electron chi connectivity index (χ3n) is 3.35. The van der Waals surface area contributed by atoms with E-state index in [9.17, 15) is 8.42 Å². The van der Waals surface area contributed by atoms with Crippen molar-refractivity contribution in [2.75, 3.05) is 20.6 Å². The van der Waals surface area contributed by atoms with E-state index in [0.717, 1.165) is 26.7 Å². The second kappa shape index (κ2) is 5.51. The van der Waals surface area contributed by atoms with Crippen LogP contribution in [0.2, 0.25) is 0 Å². The molecule has 0 fully saturated rings. The summed E-state index contributed by atoms with van der Waals surface area (Å²) in [5, 5.41) is 0. The van der Waals surface area contributed by atoms with Crippen molar-refractivity contribution in [1.29, 1.82) is 0 Å². The molecule has 0 aliphatic heterocycles. The Kier molecular flexibility index (Phi) is 4.12. The lowest BCUT2D eigenvalue weighted by atomic mass is 10.1.